The fourth-order valence-corrected chi connectivity index (χ4v) is 5.26. The van der Waals surface area contributed by atoms with Crippen LogP contribution < -0.4 is 5.73 Å². The van der Waals surface area contributed by atoms with Crippen molar-refractivity contribution in [3.63, 3.8) is 0 Å². The van der Waals surface area contributed by atoms with E-state index in [2.05, 4.69) is 6.92 Å². The lowest BCUT2D eigenvalue weighted by Crippen LogP contribution is -2.43. The van der Waals surface area contributed by atoms with Crippen LogP contribution in [-0.2, 0) is 9.59 Å². The fraction of sp³-hybridized carbons (Fsp3) is 0.885. The van der Waals surface area contributed by atoms with Gasteiger partial charge in [-0.1, -0.05) is 71.1 Å². The first-order valence-electron chi connectivity index (χ1n) is 13.4. The van der Waals surface area contributed by atoms with Gasteiger partial charge in [0.15, 0.2) is 0 Å². The zero-order valence-corrected chi connectivity index (χ0v) is 20.5. The molecule has 6 heteroatoms. The number of carbonyl (C=O) groups excluding carboxylic acids is 3. The van der Waals surface area contributed by atoms with Gasteiger partial charge in [-0.2, -0.15) is 0 Å². The van der Waals surface area contributed by atoms with Gasteiger partial charge in [0, 0.05) is 25.4 Å². The number of carbonyl (C=O) groups is 3. The normalized spacial score (nSPS) is 18.6. The number of Topliss-reactive ketones (excluding diaryl/α,β-unsaturated/α-hetero) is 1. The Balaban J connectivity index is 1.80. The predicted octanol–water partition coefficient (Wildman–Crippen LogP) is 5.43. The molecule has 184 valence electrons. The van der Waals surface area contributed by atoms with Crippen LogP contribution in [0.25, 0.3) is 0 Å². The first kappa shape index (κ1) is 26.8. The SMILES string of the molecule is CCCCCCCCCC(=O)CC(CCCCN)CN1CC(=O)N(C2CCCCC2)C1=O. The monoisotopic (exact) mass is 449 g/mol. The van der Waals surface area contributed by atoms with Gasteiger partial charge in [-0.25, -0.2) is 4.79 Å². The summed E-state index contributed by atoms with van der Waals surface area (Å²) in [6, 6.07) is -0.0614. The summed E-state index contributed by atoms with van der Waals surface area (Å²) >= 11 is 0. The number of rotatable bonds is 17. The molecule has 0 bridgehead atoms. The molecule has 1 saturated heterocycles. The number of amides is 3. The number of ketones is 1. The molecule has 2 aliphatic rings. The van der Waals surface area contributed by atoms with E-state index in [0.717, 1.165) is 57.8 Å². The molecule has 0 aromatic rings. The molecular weight excluding hydrogens is 402 g/mol. The predicted molar refractivity (Wildman–Crippen MR) is 129 cm³/mol. The quantitative estimate of drug-likeness (QED) is 0.237. The van der Waals surface area contributed by atoms with Crippen molar-refractivity contribution in [1.29, 1.82) is 0 Å². The van der Waals surface area contributed by atoms with Crippen molar-refractivity contribution in [2.24, 2.45) is 11.7 Å². The van der Waals surface area contributed by atoms with E-state index in [1.54, 1.807) is 4.90 Å². The number of hydrogen-bond acceptors (Lipinski definition) is 4. The maximum absolute atomic E-state index is 13.0. The average Bonchev–Trinajstić information content (AvgIpc) is 3.06. The Morgan fingerprint density at radius 2 is 1.66 bits per heavy atom. The highest BCUT2D eigenvalue weighted by molar-refractivity contribution is 6.02. The highest BCUT2D eigenvalue weighted by atomic mass is 16.2. The minimum atomic E-state index is -0.134. The molecule has 2 N–H and O–H groups in total. The molecule has 6 nitrogen and oxygen atoms in total. The first-order valence-corrected chi connectivity index (χ1v) is 13.4. The Labute approximate surface area is 195 Å². The lowest BCUT2D eigenvalue weighted by atomic mass is 9.93. The van der Waals surface area contributed by atoms with Crippen LogP contribution in [0.15, 0.2) is 0 Å². The summed E-state index contributed by atoms with van der Waals surface area (Å²) in [6.45, 7) is 3.56. The minimum absolute atomic E-state index is 0.0583. The third-order valence-electron chi connectivity index (χ3n) is 7.13. The number of urea groups is 1. The molecule has 2 fully saturated rings. The maximum Gasteiger partial charge on any atom is 0.327 e. The number of unbranched alkanes of at least 4 members (excludes halogenated alkanes) is 7. The molecule has 1 unspecified atom stereocenters. The minimum Gasteiger partial charge on any atom is -0.330 e. The van der Waals surface area contributed by atoms with Crippen molar-refractivity contribution in [3.8, 4) is 0 Å². The Kier molecular flexibility index (Phi) is 12.9. The molecule has 0 radical (unpaired) electrons. The van der Waals surface area contributed by atoms with E-state index < -0.39 is 0 Å². The Morgan fingerprint density at radius 1 is 0.969 bits per heavy atom. The van der Waals surface area contributed by atoms with E-state index in [9.17, 15) is 14.4 Å². The smallest absolute Gasteiger partial charge is 0.327 e. The molecule has 1 atom stereocenters. The number of nitrogens with zero attached hydrogens (tertiary/aromatic N) is 2. The van der Waals surface area contributed by atoms with Crippen LogP contribution in [0, 0.1) is 5.92 Å². The van der Waals surface area contributed by atoms with Crippen molar-refractivity contribution in [1.82, 2.24) is 9.80 Å². The van der Waals surface area contributed by atoms with E-state index in [4.69, 9.17) is 5.73 Å². The van der Waals surface area contributed by atoms with Gasteiger partial charge in [-0.05, 0) is 44.6 Å². The molecule has 2 rings (SSSR count). The molecule has 0 aromatic carbocycles. The number of imide groups is 1. The van der Waals surface area contributed by atoms with E-state index in [0.29, 0.717) is 31.7 Å². The van der Waals surface area contributed by atoms with Crippen LogP contribution in [0.4, 0.5) is 4.79 Å². The van der Waals surface area contributed by atoms with Crippen LogP contribution in [-0.4, -0.2) is 53.2 Å². The maximum atomic E-state index is 13.0. The fourth-order valence-electron chi connectivity index (χ4n) is 5.26. The Morgan fingerprint density at radius 3 is 2.34 bits per heavy atom. The molecule has 1 heterocycles. The third kappa shape index (κ3) is 9.21. The van der Waals surface area contributed by atoms with Gasteiger partial charge in [-0.3, -0.25) is 14.5 Å². The number of nitrogens with two attached hydrogens (primary N) is 1. The largest absolute Gasteiger partial charge is 0.330 e. The van der Waals surface area contributed by atoms with Crippen LogP contribution in [0.1, 0.15) is 116 Å². The van der Waals surface area contributed by atoms with Crippen LogP contribution in [0.2, 0.25) is 0 Å². The van der Waals surface area contributed by atoms with Gasteiger partial charge in [0.05, 0.1) is 0 Å². The van der Waals surface area contributed by atoms with E-state index in [1.165, 1.54) is 43.4 Å². The van der Waals surface area contributed by atoms with Gasteiger partial charge < -0.3 is 10.6 Å². The second-order valence-electron chi connectivity index (χ2n) is 9.98. The summed E-state index contributed by atoms with van der Waals surface area (Å²) < 4.78 is 0. The van der Waals surface area contributed by atoms with Gasteiger partial charge in [0.1, 0.15) is 12.3 Å². The first-order chi connectivity index (χ1) is 15.6. The molecule has 3 amide bonds. The van der Waals surface area contributed by atoms with Gasteiger partial charge in [0.25, 0.3) is 5.91 Å². The van der Waals surface area contributed by atoms with Crippen molar-refractivity contribution in [2.45, 2.75) is 122 Å². The standard InChI is InChI=1S/C26H47N3O3/c1-2-3-4-5-6-7-11-17-24(30)19-22(14-12-13-18-27)20-28-21-25(31)29(26(28)32)23-15-9-8-10-16-23/h22-23H,2-21,27H2,1H3. The summed E-state index contributed by atoms with van der Waals surface area (Å²) in [5.74, 6) is 0.372. The van der Waals surface area contributed by atoms with E-state index in [-0.39, 0.29) is 30.4 Å². The lowest BCUT2D eigenvalue weighted by molar-refractivity contribution is -0.127. The zero-order valence-electron chi connectivity index (χ0n) is 20.5. The second-order valence-corrected chi connectivity index (χ2v) is 9.98. The molecule has 0 aromatic heterocycles. The average molecular weight is 450 g/mol. The Hall–Kier alpha value is -1.43. The molecule has 1 aliphatic heterocycles. The zero-order chi connectivity index (χ0) is 23.2. The van der Waals surface area contributed by atoms with Crippen molar-refractivity contribution in [2.75, 3.05) is 19.6 Å². The summed E-state index contributed by atoms with van der Waals surface area (Å²) in [5, 5.41) is 0. The topological polar surface area (TPSA) is 83.7 Å². The van der Waals surface area contributed by atoms with Crippen molar-refractivity contribution >= 4 is 17.7 Å². The highest BCUT2D eigenvalue weighted by Gasteiger charge is 2.41. The summed E-state index contributed by atoms with van der Waals surface area (Å²) in [7, 11) is 0. The van der Waals surface area contributed by atoms with Crippen LogP contribution >= 0.6 is 0 Å². The van der Waals surface area contributed by atoms with Crippen LogP contribution in [0.3, 0.4) is 0 Å². The highest BCUT2D eigenvalue weighted by Crippen LogP contribution is 2.28. The molecular formula is C26H47N3O3. The summed E-state index contributed by atoms with van der Waals surface area (Å²) in [5.41, 5.74) is 5.66. The summed E-state index contributed by atoms with van der Waals surface area (Å²) in [4.78, 5) is 41.5. The number of hydrogen-bond donors (Lipinski definition) is 1. The van der Waals surface area contributed by atoms with Gasteiger partial charge in [0.2, 0.25) is 0 Å². The summed E-state index contributed by atoms with van der Waals surface area (Å²) in [6.07, 6.45) is 17.6. The molecule has 0 spiro atoms. The Bertz CT molecular complexity index is 575. The van der Waals surface area contributed by atoms with Gasteiger partial charge >= 0.3 is 6.03 Å². The van der Waals surface area contributed by atoms with Crippen LogP contribution in [0.5, 0.6) is 0 Å². The van der Waals surface area contributed by atoms with E-state index >= 15 is 0 Å². The van der Waals surface area contributed by atoms with Gasteiger partial charge in [-0.15, -0.1) is 0 Å². The molecule has 1 aliphatic carbocycles. The molecule has 32 heavy (non-hydrogen) atoms. The van der Waals surface area contributed by atoms with E-state index in [1.807, 2.05) is 0 Å². The lowest BCUT2D eigenvalue weighted by Gasteiger charge is -2.30. The third-order valence-corrected chi connectivity index (χ3v) is 7.13. The van der Waals surface area contributed by atoms with Crippen molar-refractivity contribution < 1.29 is 14.4 Å². The van der Waals surface area contributed by atoms with Crippen molar-refractivity contribution in [3.05, 3.63) is 0 Å². The second kappa shape index (κ2) is 15.4. The molecule has 1 saturated carbocycles.